The number of hydrogen-bond donors (Lipinski definition) is 1. The van der Waals surface area contributed by atoms with E-state index < -0.39 is 17.7 Å². The van der Waals surface area contributed by atoms with Crippen LogP contribution in [0.25, 0.3) is 0 Å². The minimum absolute atomic E-state index is 0.0198. The second-order valence-corrected chi connectivity index (χ2v) is 5.20. The zero-order valence-electron chi connectivity index (χ0n) is 10.3. The first-order valence-electron chi connectivity index (χ1n) is 5.86. The fourth-order valence-corrected chi connectivity index (χ4v) is 2.54. The first-order valence-corrected chi connectivity index (χ1v) is 6.66. The van der Waals surface area contributed by atoms with Gasteiger partial charge in [0.25, 0.3) is 0 Å². The Bertz CT molecular complexity index is 599. The van der Waals surface area contributed by atoms with E-state index in [1.54, 1.807) is 0 Å². The first kappa shape index (κ1) is 14.2. The summed E-state index contributed by atoms with van der Waals surface area (Å²) in [5.74, 6) is -1.90. The summed E-state index contributed by atoms with van der Waals surface area (Å²) in [5, 5.41) is 10.2. The number of aliphatic hydroxyl groups is 1. The van der Waals surface area contributed by atoms with Crippen LogP contribution in [0.4, 0.5) is 8.78 Å². The monoisotopic (exact) mass is 326 g/mol. The van der Waals surface area contributed by atoms with E-state index in [4.69, 9.17) is 0 Å². The molecule has 2 rings (SSSR count). The molecule has 0 saturated carbocycles. The molecular formula is C15H13BrF2O. The standard InChI is InChI=1S/C15H13BrF2O/c1-9-4-2-3-5-10(9)8-13(19)11-6-7-12(17)15(18)14(11)16/h2-7,13,19H,8H2,1H3. The molecule has 0 fully saturated rings. The predicted octanol–water partition coefficient (Wildman–Crippen LogP) is 4.31. The Balaban J connectivity index is 2.28. The van der Waals surface area contributed by atoms with Crippen LogP contribution < -0.4 is 0 Å². The molecule has 0 amide bonds. The van der Waals surface area contributed by atoms with Crippen molar-refractivity contribution in [1.29, 1.82) is 0 Å². The molecule has 100 valence electrons. The Morgan fingerprint density at radius 2 is 1.84 bits per heavy atom. The molecular weight excluding hydrogens is 314 g/mol. The van der Waals surface area contributed by atoms with E-state index in [1.165, 1.54) is 6.07 Å². The molecule has 2 aromatic rings. The fraction of sp³-hybridized carbons (Fsp3) is 0.200. The lowest BCUT2D eigenvalue weighted by molar-refractivity contribution is 0.176. The molecule has 0 aromatic heterocycles. The molecule has 1 atom stereocenters. The average molecular weight is 327 g/mol. The van der Waals surface area contributed by atoms with Crippen LogP contribution in [0.1, 0.15) is 22.8 Å². The molecule has 2 aromatic carbocycles. The van der Waals surface area contributed by atoms with E-state index in [0.717, 1.165) is 17.2 Å². The maximum absolute atomic E-state index is 13.4. The summed E-state index contributed by atoms with van der Waals surface area (Å²) in [4.78, 5) is 0. The Morgan fingerprint density at radius 1 is 1.16 bits per heavy atom. The Kier molecular flexibility index (Phi) is 4.32. The van der Waals surface area contributed by atoms with Gasteiger partial charge in [-0.1, -0.05) is 30.3 Å². The highest BCUT2D eigenvalue weighted by Crippen LogP contribution is 2.30. The second kappa shape index (κ2) is 5.80. The summed E-state index contributed by atoms with van der Waals surface area (Å²) < 4.78 is 26.4. The van der Waals surface area contributed by atoms with Crippen molar-refractivity contribution in [2.24, 2.45) is 0 Å². The Morgan fingerprint density at radius 3 is 2.53 bits per heavy atom. The topological polar surface area (TPSA) is 20.2 Å². The fourth-order valence-electron chi connectivity index (χ4n) is 1.96. The molecule has 1 N–H and O–H groups in total. The van der Waals surface area contributed by atoms with E-state index in [9.17, 15) is 13.9 Å². The third kappa shape index (κ3) is 3.01. The van der Waals surface area contributed by atoms with E-state index in [1.807, 2.05) is 31.2 Å². The van der Waals surface area contributed by atoms with E-state index >= 15 is 0 Å². The van der Waals surface area contributed by atoms with Crippen LogP contribution in [0.2, 0.25) is 0 Å². The number of benzene rings is 2. The third-order valence-corrected chi connectivity index (χ3v) is 3.90. The van der Waals surface area contributed by atoms with Gasteiger partial charge in [0.15, 0.2) is 11.6 Å². The summed E-state index contributed by atoms with van der Waals surface area (Å²) in [7, 11) is 0. The van der Waals surface area contributed by atoms with Gasteiger partial charge in [-0.3, -0.25) is 0 Å². The van der Waals surface area contributed by atoms with Crippen molar-refractivity contribution in [3.63, 3.8) is 0 Å². The highest BCUT2D eigenvalue weighted by molar-refractivity contribution is 9.10. The van der Waals surface area contributed by atoms with Crippen molar-refractivity contribution in [2.75, 3.05) is 0 Å². The Labute approximate surface area is 119 Å². The van der Waals surface area contributed by atoms with Gasteiger partial charge in [-0.15, -0.1) is 0 Å². The van der Waals surface area contributed by atoms with Crippen molar-refractivity contribution >= 4 is 15.9 Å². The van der Waals surface area contributed by atoms with E-state index in [0.29, 0.717) is 12.0 Å². The predicted molar refractivity (Wildman–Crippen MR) is 73.9 cm³/mol. The quantitative estimate of drug-likeness (QED) is 0.833. The molecule has 0 bridgehead atoms. The minimum atomic E-state index is -0.971. The van der Waals surface area contributed by atoms with Gasteiger partial charge in [-0.2, -0.15) is 0 Å². The number of rotatable bonds is 3. The molecule has 0 radical (unpaired) electrons. The van der Waals surface area contributed by atoms with Crippen LogP contribution in [0.5, 0.6) is 0 Å². The van der Waals surface area contributed by atoms with Crippen molar-refractivity contribution in [3.8, 4) is 0 Å². The molecule has 0 aliphatic carbocycles. The largest absolute Gasteiger partial charge is 0.388 e. The van der Waals surface area contributed by atoms with Gasteiger partial charge in [0.05, 0.1) is 10.6 Å². The molecule has 1 nitrogen and oxygen atoms in total. The molecule has 4 heteroatoms. The van der Waals surface area contributed by atoms with Crippen LogP contribution in [-0.4, -0.2) is 5.11 Å². The maximum atomic E-state index is 13.4. The zero-order valence-corrected chi connectivity index (χ0v) is 11.9. The smallest absolute Gasteiger partial charge is 0.173 e. The summed E-state index contributed by atoms with van der Waals surface area (Å²) in [6, 6.07) is 10.1. The van der Waals surface area contributed by atoms with Gasteiger partial charge < -0.3 is 5.11 Å². The van der Waals surface area contributed by atoms with Crippen LogP contribution in [0, 0.1) is 18.6 Å². The second-order valence-electron chi connectivity index (χ2n) is 4.41. The number of aryl methyl sites for hydroxylation is 1. The zero-order chi connectivity index (χ0) is 14.0. The number of halogens is 3. The molecule has 19 heavy (non-hydrogen) atoms. The summed E-state index contributed by atoms with van der Waals surface area (Å²) >= 11 is 2.99. The maximum Gasteiger partial charge on any atom is 0.173 e. The van der Waals surface area contributed by atoms with Gasteiger partial charge >= 0.3 is 0 Å². The summed E-state index contributed by atoms with van der Waals surface area (Å²) in [6.45, 7) is 1.95. The number of aliphatic hydroxyl groups excluding tert-OH is 1. The average Bonchev–Trinajstić information content (AvgIpc) is 2.39. The van der Waals surface area contributed by atoms with E-state index in [-0.39, 0.29) is 4.47 Å². The molecule has 0 aliphatic heterocycles. The third-order valence-electron chi connectivity index (χ3n) is 3.10. The first-order chi connectivity index (χ1) is 9.00. The molecule has 0 spiro atoms. The normalized spacial score (nSPS) is 12.5. The lowest BCUT2D eigenvalue weighted by atomic mass is 9.98. The van der Waals surface area contributed by atoms with Crippen molar-refractivity contribution in [2.45, 2.75) is 19.4 Å². The van der Waals surface area contributed by atoms with Gasteiger partial charge in [-0.25, -0.2) is 8.78 Å². The number of hydrogen-bond acceptors (Lipinski definition) is 1. The highest BCUT2D eigenvalue weighted by Gasteiger charge is 2.18. The lowest BCUT2D eigenvalue weighted by Crippen LogP contribution is -2.05. The van der Waals surface area contributed by atoms with Crippen molar-refractivity contribution < 1.29 is 13.9 Å². The van der Waals surface area contributed by atoms with Crippen LogP contribution >= 0.6 is 15.9 Å². The van der Waals surface area contributed by atoms with Gasteiger partial charge in [0.1, 0.15) is 0 Å². The molecule has 0 aliphatic rings. The minimum Gasteiger partial charge on any atom is -0.388 e. The van der Waals surface area contributed by atoms with E-state index in [2.05, 4.69) is 15.9 Å². The van der Waals surface area contributed by atoms with Crippen molar-refractivity contribution in [1.82, 2.24) is 0 Å². The highest BCUT2D eigenvalue weighted by atomic mass is 79.9. The van der Waals surface area contributed by atoms with Crippen molar-refractivity contribution in [3.05, 3.63) is 69.2 Å². The lowest BCUT2D eigenvalue weighted by Gasteiger charge is -2.15. The van der Waals surface area contributed by atoms with Crippen LogP contribution in [0.15, 0.2) is 40.9 Å². The van der Waals surface area contributed by atoms with Crippen LogP contribution in [0.3, 0.4) is 0 Å². The Hall–Kier alpha value is -1.26. The van der Waals surface area contributed by atoms with Crippen LogP contribution in [-0.2, 0) is 6.42 Å². The molecule has 1 unspecified atom stereocenters. The SMILES string of the molecule is Cc1ccccc1CC(O)c1ccc(F)c(F)c1Br. The molecule has 0 heterocycles. The van der Waals surface area contributed by atoms with Gasteiger partial charge in [0, 0.05) is 6.42 Å². The summed E-state index contributed by atoms with van der Waals surface area (Å²) in [5.41, 5.74) is 2.38. The molecule has 0 saturated heterocycles. The van der Waals surface area contributed by atoms with Gasteiger partial charge in [0.2, 0.25) is 0 Å². The van der Waals surface area contributed by atoms with Gasteiger partial charge in [-0.05, 0) is 45.6 Å². The summed E-state index contributed by atoms with van der Waals surface area (Å²) in [6.07, 6.45) is -0.526.